The zero-order valence-electron chi connectivity index (χ0n) is 13.1. The number of nitrogens with zero attached hydrogens (tertiary/aromatic N) is 1. The van der Waals surface area contributed by atoms with E-state index in [-0.39, 0.29) is 10.5 Å². The van der Waals surface area contributed by atoms with Gasteiger partial charge in [-0.05, 0) is 36.8 Å². The molecule has 2 aromatic rings. The Morgan fingerprint density at radius 2 is 1.92 bits per heavy atom. The van der Waals surface area contributed by atoms with Crippen molar-refractivity contribution in [2.75, 3.05) is 11.9 Å². The molecule has 2 N–H and O–H groups in total. The Kier molecular flexibility index (Phi) is 5.68. The third kappa shape index (κ3) is 4.19. The van der Waals surface area contributed by atoms with E-state index in [1.807, 2.05) is 13.0 Å². The highest BCUT2D eigenvalue weighted by molar-refractivity contribution is 7.89. The van der Waals surface area contributed by atoms with Gasteiger partial charge in [0.05, 0.1) is 16.1 Å². The molecular formula is C17H17N3O3S. The van der Waals surface area contributed by atoms with Crippen LogP contribution in [-0.2, 0) is 10.0 Å². The fourth-order valence-corrected chi connectivity index (χ4v) is 3.19. The third-order valence-corrected chi connectivity index (χ3v) is 4.70. The predicted octanol–water partition coefficient (Wildman–Crippen LogP) is 2.50. The normalized spacial score (nSPS) is 10.8. The molecular weight excluding hydrogens is 326 g/mol. The second-order valence-corrected chi connectivity index (χ2v) is 6.80. The van der Waals surface area contributed by atoms with Gasteiger partial charge in [0.1, 0.15) is 6.07 Å². The molecule has 0 unspecified atom stereocenters. The Morgan fingerprint density at radius 3 is 2.62 bits per heavy atom. The van der Waals surface area contributed by atoms with Crippen molar-refractivity contribution in [2.24, 2.45) is 0 Å². The molecule has 0 saturated heterocycles. The first-order valence-corrected chi connectivity index (χ1v) is 8.86. The van der Waals surface area contributed by atoms with E-state index in [0.29, 0.717) is 24.2 Å². The molecule has 124 valence electrons. The Hall–Kier alpha value is -2.69. The number of nitrogens with one attached hydrogen (secondary N) is 2. The minimum atomic E-state index is -3.65. The zero-order valence-corrected chi connectivity index (χ0v) is 13.9. The Labute approximate surface area is 141 Å². The molecule has 0 aromatic heterocycles. The van der Waals surface area contributed by atoms with Crippen LogP contribution in [0.25, 0.3) is 0 Å². The van der Waals surface area contributed by atoms with Crippen LogP contribution in [0.15, 0.2) is 53.4 Å². The first kappa shape index (κ1) is 17.7. The van der Waals surface area contributed by atoms with Crippen molar-refractivity contribution in [2.45, 2.75) is 18.2 Å². The maximum atomic E-state index is 12.3. The number of benzene rings is 2. The zero-order chi connectivity index (χ0) is 17.6. The predicted molar refractivity (Wildman–Crippen MR) is 91.0 cm³/mol. The topological polar surface area (TPSA) is 99.1 Å². The molecule has 0 bridgehead atoms. The molecule has 0 saturated carbocycles. The number of nitriles is 1. The average molecular weight is 343 g/mol. The summed E-state index contributed by atoms with van der Waals surface area (Å²) < 4.78 is 26.7. The molecule has 7 heteroatoms. The second-order valence-electron chi connectivity index (χ2n) is 5.04. The van der Waals surface area contributed by atoms with Gasteiger partial charge in [-0.3, -0.25) is 4.79 Å². The molecule has 0 spiro atoms. The average Bonchev–Trinajstić information content (AvgIpc) is 2.60. The van der Waals surface area contributed by atoms with E-state index in [2.05, 4.69) is 10.0 Å². The number of carbonyl (C=O) groups is 1. The van der Waals surface area contributed by atoms with Crippen molar-refractivity contribution in [3.63, 3.8) is 0 Å². The van der Waals surface area contributed by atoms with Gasteiger partial charge in [-0.1, -0.05) is 25.1 Å². The van der Waals surface area contributed by atoms with Gasteiger partial charge in [0.2, 0.25) is 10.0 Å². The minimum Gasteiger partial charge on any atom is -0.321 e. The fourth-order valence-electron chi connectivity index (χ4n) is 2.01. The van der Waals surface area contributed by atoms with Crippen molar-refractivity contribution in [1.29, 1.82) is 5.26 Å². The summed E-state index contributed by atoms with van der Waals surface area (Å²) in [6, 6.07) is 14.3. The van der Waals surface area contributed by atoms with Gasteiger partial charge >= 0.3 is 0 Å². The summed E-state index contributed by atoms with van der Waals surface area (Å²) in [5.74, 6) is -0.481. The van der Waals surface area contributed by atoms with Gasteiger partial charge in [0.25, 0.3) is 5.91 Å². The van der Waals surface area contributed by atoms with Crippen molar-refractivity contribution < 1.29 is 13.2 Å². The van der Waals surface area contributed by atoms with Crippen molar-refractivity contribution in [3.8, 4) is 6.07 Å². The molecule has 0 atom stereocenters. The minimum absolute atomic E-state index is 0.0252. The quantitative estimate of drug-likeness (QED) is 0.842. The number of carbonyl (C=O) groups excluding carboxylic acids is 1. The van der Waals surface area contributed by atoms with E-state index >= 15 is 0 Å². The fraction of sp³-hybridized carbons (Fsp3) is 0.176. The van der Waals surface area contributed by atoms with Crippen molar-refractivity contribution >= 4 is 21.6 Å². The smallest absolute Gasteiger partial charge is 0.255 e. The first-order chi connectivity index (χ1) is 11.5. The van der Waals surface area contributed by atoms with E-state index in [0.717, 1.165) is 0 Å². The highest BCUT2D eigenvalue weighted by Gasteiger charge is 2.16. The van der Waals surface area contributed by atoms with Crippen LogP contribution in [0.5, 0.6) is 0 Å². The van der Waals surface area contributed by atoms with Gasteiger partial charge in [-0.2, -0.15) is 5.26 Å². The van der Waals surface area contributed by atoms with Crippen LogP contribution in [0, 0.1) is 11.3 Å². The van der Waals surface area contributed by atoms with E-state index < -0.39 is 15.9 Å². The highest BCUT2D eigenvalue weighted by atomic mass is 32.2. The molecule has 0 aliphatic carbocycles. The third-order valence-electron chi connectivity index (χ3n) is 3.24. The highest BCUT2D eigenvalue weighted by Crippen LogP contribution is 2.17. The van der Waals surface area contributed by atoms with Gasteiger partial charge < -0.3 is 5.32 Å². The van der Waals surface area contributed by atoms with Crippen molar-refractivity contribution in [3.05, 3.63) is 59.7 Å². The van der Waals surface area contributed by atoms with E-state index in [1.54, 1.807) is 24.3 Å². The van der Waals surface area contributed by atoms with Gasteiger partial charge in [0, 0.05) is 12.1 Å². The van der Waals surface area contributed by atoms with Gasteiger partial charge in [-0.25, -0.2) is 13.1 Å². The van der Waals surface area contributed by atoms with Crippen LogP contribution >= 0.6 is 0 Å². The summed E-state index contributed by atoms with van der Waals surface area (Å²) in [5.41, 5.74) is 0.906. The van der Waals surface area contributed by atoms with Crippen LogP contribution in [0.4, 0.5) is 5.69 Å². The van der Waals surface area contributed by atoms with E-state index in [1.165, 1.54) is 24.3 Å². The molecule has 2 rings (SSSR count). The lowest BCUT2D eigenvalue weighted by Crippen LogP contribution is -2.24. The summed E-state index contributed by atoms with van der Waals surface area (Å²) in [6.45, 7) is 2.19. The summed E-state index contributed by atoms with van der Waals surface area (Å²) in [6.07, 6.45) is 0.671. The number of rotatable bonds is 6. The summed E-state index contributed by atoms with van der Waals surface area (Å²) >= 11 is 0. The number of para-hydroxylation sites is 1. The maximum Gasteiger partial charge on any atom is 0.255 e. The van der Waals surface area contributed by atoms with Gasteiger partial charge in [-0.15, -0.1) is 0 Å². The number of hydrogen-bond acceptors (Lipinski definition) is 4. The summed E-state index contributed by atoms with van der Waals surface area (Å²) in [4.78, 5) is 12.4. The molecule has 0 radical (unpaired) electrons. The van der Waals surface area contributed by atoms with Crippen LogP contribution < -0.4 is 10.0 Å². The molecule has 6 nitrogen and oxygen atoms in total. The molecule has 0 aliphatic rings. The SMILES string of the molecule is CCCNS(=O)(=O)c1cccc(C(=O)Nc2ccccc2C#N)c1. The largest absolute Gasteiger partial charge is 0.321 e. The summed E-state index contributed by atoms with van der Waals surface area (Å²) in [5, 5.41) is 11.7. The lowest BCUT2D eigenvalue weighted by molar-refractivity contribution is 0.102. The van der Waals surface area contributed by atoms with Crippen LogP contribution in [0.3, 0.4) is 0 Å². The standard InChI is InChI=1S/C17H17N3O3S/c1-2-10-19-24(22,23)15-8-5-7-13(11-15)17(21)20-16-9-4-3-6-14(16)12-18/h3-9,11,19H,2,10H2,1H3,(H,20,21). The lowest BCUT2D eigenvalue weighted by Gasteiger charge is -2.09. The van der Waals surface area contributed by atoms with Gasteiger partial charge in [0.15, 0.2) is 0 Å². The van der Waals surface area contributed by atoms with Crippen LogP contribution in [0.1, 0.15) is 29.3 Å². The number of amides is 1. The molecule has 0 aliphatic heterocycles. The van der Waals surface area contributed by atoms with E-state index in [9.17, 15) is 13.2 Å². The number of sulfonamides is 1. The number of hydrogen-bond donors (Lipinski definition) is 2. The van der Waals surface area contributed by atoms with Crippen LogP contribution in [-0.4, -0.2) is 20.9 Å². The van der Waals surface area contributed by atoms with Crippen LogP contribution in [0.2, 0.25) is 0 Å². The molecule has 0 fully saturated rings. The number of anilines is 1. The second kappa shape index (κ2) is 7.73. The Bertz CT molecular complexity index is 886. The van der Waals surface area contributed by atoms with Crippen molar-refractivity contribution in [1.82, 2.24) is 4.72 Å². The Morgan fingerprint density at radius 1 is 1.17 bits per heavy atom. The maximum absolute atomic E-state index is 12.3. The monoisotopic (exact) mass is 343 g/mol. The summed E-state index contributed by atoms with van der Waals surface area (Å²) in [7, 11) is -3.65. The lowest BCUT2D eigenvalue weighted by atomic mass is 10.1. The Balaban J connectivity index is 2.25. The molecule has 2 aromatic carbocycles. The van der Waals surface area contributed by atoms with E-state index in [4.69, 9.17) is 5.26 Å². The first-order valence-electron chi connectivity index (χ1n) is 7.38. The molecule has 1 amide bonds. The molecule has 0 heterocycles. The molecule has 24 heavy (non-hydrogen) atoms.